The van der Waals surface area contributed by atoms with Gasteiger partial charge in [-0.15, -0.1) is 0 Å². The summed E-state index contributed by atoms with van der Waals surface area (Å²) in [4.78, 5) is 13.2. The van der Waals surface area contributed by atoms with Crippen LogP contribution in [0.1, 0.15) is 335 Å². The first kappa shape index (κ1) is 73.9. The molecule has 77 heavy (non-hydrogen) atoms. The lowest BCUT2D eigenvalue weighted by molar-refractivity contribution is -0.303. The van der Waals surface area contributed by atoms with Crippen molar-refractivity contribution in [2.75, 3.05) is 13.2 Å². The average Bonchev–Trinajstić information content (AvgIpc) is 3.43. The van der Waals surface area contributed by atoms with Crippen molar-refractivity contribution >= 4 is 5.91 Å². The molecule has 0 spiro atoms. The summed E-state index contributed by atoms with van der Waals surface area (Å²) >= 11 is 0. The Morgan fingerprint density at radius 1 is 0.442 bits per heavy atom. The number of ether oxygens (including phenoxy) is 2. The summed E-state index contributed by atoms with van der Waals surface area (Å²) < 4.78 is 11.2. The summed E-state index contributed by atoms with van der Waals surface area (Å²) in [5.41, 5.74) is 0. The summed E-state index contributed by atoms with van der Waals surface area (Å²) in [6, 6.07) is -1.17. The molecular formula is C66H129NO10. The molecule has 458 valence electrons. The topological polar surface area (TPSA) is 189 Å². The minimum Gasteiger partial charge on any atom is -0.394 e. The zero-order chi connectivity index (χ0) is 56.1. The van der Waals surface area contributed by atoms with E-state index in [0.29, 0.717) is 19.3 Å². The molecule has 9 unspecified atom stereocenters. The number of hydrogen-bond acceptors (Lipinski definition) is 10. The summed E-state index contributed by atoms with van der Waals surface area (Å²) in [5.74, 6) is -0.694. The van der Waals surface area contributed by atoms with E-state index in [1.807, 2.05) is 0 Å². The monoisotopic (exact) mass is 1100 g/mol. The summed E-state index contributed by atoms with van der Waals surface area (Å²) in [6.45, 7) is 3.51. The van der Waals surface area contributed by atoms with Crippen LogP contribution in [0.3, 0.4) is 0 Å². The maximum atomic E-state index is 13.2. The van der Waals surface area contributed by atoms with Gasteiger partial charge in [0.25, 0.3) is 0 Å². The largest absolute Gasteiger partial charge is 0.394 e. The highest BCUT2D eigenvalue weighted by molar-refractivity contribution is 5.80. The molecule has 0 aromatic heterocycles. The minimum atomic E-state index is -1.66. The van der Waals surface area contributed by atoms with Gasteiger partial charge in [0.05, 0.1) is 25.4 Å². The molecule has 9 atom stereocenters. The number of nitrogens with one attached hydrogen (secondary N) is 1. The van der Waals surface area contributed by atoms with Gasteiger partial charge in [-0.25, -0.2) is 0 Å². The Bertz CT molecular complexity index is 1260. The van der Waals surface area contributed by atoms with Gasteiger partial charge in [-0.05, 0) is 38.5 Å². The summed E-state index contributed by atoms with van der Waals surface area (Å²) in [6.07, 6.45) is 55.6. The first-order valence-corrected chi connectivity index (χ1v) is 33.6. The third kappa shape index (κ3) is 43.2. The van der Waals surface area contributed by atoms with Crippen molar-refractivity contribution in [3.63, 3.8) is 0 Å². The Morgan fingerprint density at radius 2 is 0.753 bits per heavy atom. The quantitative estimate of drug-likeness (QED) is 0.0215. The van der Waals surface area contributed by atoms with E-state index >= 15 is 0 Å². The second-order valence-corrected chi connectivity index (χ2v) is 23.9. The Morgan fingerprint density at radius 3 is 1.09 bits per heavy atom. The molecular weight excluding hydrogens is 967 g/mol. The van der Waals surface area contributed by atoms with Gasteiger partial charge >= 0.3 is 0 Å². The van der Waals surface area contributed by atoms with Crippen molar-refractivity contribution in [2.24, 2.45) is 0 Å². The fraction of sp³-hybridized carbons (Fsp3) is 0.955. The number of hydrogen-bond donors (Lipinski definition) is 8. The molecule has 0 aromatic carbocycles. The van der Waals surface area contributed by atoms with E-state index < -0.39 is 74.2 Å². The molecule has 8 N–H and O–H groups in total. The van der Waals surface area contributed by atoms with Crippen LogP contribution in [0.4, 0.5) is 0 Å². The molecule has 1 amide bonds. The van der Waals surface area contributed by atoms with Crippen molar-refractivity contribution in [3.05, 3.63) is 12.2 Å². The first-order valence-electron chi connectivity index (χ1n) is 33.6. The summed E-state index contributed by atoms with van der Waals surface area (Å²) in [5, 5.41) is 76.5. The molecule has 1 saturated heterocycles. The van der Waals surface area contributed by atoms with Crippen LogP contribution < -0.4 is 5.32 Å². The standard InChI is InChI=1S/C66H129NO10/c1-3-5-7-9-11-13-15-17-19-21-23-25-27-28-29-30-32-33-35-37-39-41-43-45-47-49-51-53-58(69)61(71)57(56-76-66-64(74)63(73)62(72)60(55-68)77-66)67-65(75)59(70)54-52-50-48-46-44-42-40-38-36-34-31-26-24-22-20-18-16-14-12-10-8-6-4-2/h34,36,57-64,66,68-74H,3-33,35,37-56H2,1-2H3,(H,67,75)/b36-34-. The van der Waals surface area contributed by atoms with Crippen LogP contribution in [-0.2, 0) is 14.3 Å². The predicted octanol–water partition coefficient (Wildman–Crippen LogP) is 15.5. The molecule has 1 aliphatic heterocycles. The van der Waals surface area contributed by atoms with E-state index in [9.17, 15) is 40.5 Å². The van der Waals surface area contributed by atoms with Gasteiger partial charge in [-0.2, -0.15) is 0 Å². The van der Waals surface area contributed by atoms with Gasteiger partial charge in [-0.1, -0.05) is 309 Å². The molecule has 11 heteroatoms. The number of aliphatic hydroxyl groups excluding tert-OH is 7. The van der Waals surface area contributed by atoms with Crippen LogP contribution in [-0.4, -0.2) is 110 Å². The van der Waals surface area contributed by atoms with Gasteiger partial charge in [0.15, 0.2) is 6.29 Å². The third-order valence-corrected chi connectivity index (χ3v) is 16.6. The third-order valence-electron chi connectivity index (χ3n) is 16.6. The van der Waals surface area contributed by atoms with Crippen molar-refractivity contribution < 1.29 is 50.0 Å². The maximum absolute atomic E-state index is 13.2. The second kappa shape index (κ2) is 55.4. The van der Waals surface area contributed by atoms with Gasteiger partial charge in [0, 0.05) is 0 Å². The van der Waals surface area contributed by atoms with Crippen molar-refractivity contribution in [2.45, 2.75) is 390 Å². The molecule has 1 fully saturated rings. The maximum Gasteiger partial charge on any atom is 0.249 e. The molecule has 1 aliphatic rings. The van der Waals surface area contributed by atoms with Gasteiger partial charge in [-0.3, -0.25) is 4.79 Å². The van der Waals surface area contributed by atoms with E-state index in [1.54, 1.807) is 0 Å². The number of carbonyl (C=O) groups excluding carboxylic acids is 1. The number of carbonyl (C=O) groups is 1. The highest BCUT2D eigenvalue weighted by Gasteiger charge is 2.44. The minimum absolute atomic E-state index is 0.258. The zero-order valence-electron chi connectivity index (χ0n) is 50.5. The van der Waals surface area contributed by atoms with E-state index in [2.05, 4.69) is 31.3 Å². The fourth-order valence-corrected chi connectivity index (χ4v) is 11.1. The molecule has 0 radical (unpaired) electrons. The fourth-order valence-electron chi connectivity index (χ4n) is 11.1. The lowest BCUT2D eigenvalue weighted by atomic mass is 9.98. The Kier molecular flexibility index (Phi) is 53.1. The van der Waals surface area contributed by atoms with Gasteiger partial charge < -0.3 is 50.5 Å². The lowest BCUT2D eigenvalue weighted by Crippen LogP contribution is -2.60. The smallest absolute Gasteiger partial charge is 0.249 e. The van der Waals surface area contributed by atoms with Crippen molar-refractivity contribution in [1.29, 1.82) is 0 Å². The van der Waals surface area contributed by atoms with Crippen LogP contribution in [0.15, 0.2) is 12.2 Å². The molecule has 0 bridgehead atoms. The van der Waals surface area contributed by atoms with Gasteiger partial charge in [0.1, 0.15) is 36.6 Å². The van der Waals surface area contributed by atoms with Crippen molar-refractivity contribution in [1.82, 2.24) is 5.32 Å². The van der Waals surface area contributed by atoms with E-state index in [-0.39, 0.29) is 6.42 Å². The molecule has 1 rings (SSSR count). The van der Waals surface area contributed by atoms with Crippen LogP contribution in [0.25, 0.3) is 0 Å². The number of amides is 1. The number of aliphatic hydroxyl groups is 7. The predicted molar refractivity (Wildman–Crippen MR) is 321 cm³/mol. The second-order valence-electron chi connectivity index (χ2n) is 23.9. The number of rotatable bonds is 59. The highest BCUT2D eigenvalue weighted by atomic mass is 16.7. The van der Waals surface area contributed by atoms with Crippen LogP contribution in [0, 0.1) is 0 Å². The average molecular weight is 1100 g/mol. The summed E-state index contributed by atoms with van der Waals surface area (Å²) in [7, 11) is 0. The molecule has 0 aliphatic carbocycles. The van der Waals surface area contributed by atoms with E-state index in [1.165, 1.54) is 250 Å². The zero-order valence-corrected chi connectivity index (χ0v) is 50.5. The SMILES string of the molecule is CCCCCCCCCCCCCC/C=C\CCCCCCCCCC(O)C(=O)NC(COC1OC(CO)C(O)C(O)C1O)C(O)C(O)CCCCCCCCCCCCCCCCCCCCCCCCCCCCC. The van der Waals surface area contributed by atoms with Crippen molar-refractivity contribution in [3.8, 4) is 0 Å². The Labute approximate surface area is 474 Å². The molecule has 1 heterocycles. The Hall–Kier alpha value is -1.15. The van der Waals surface area contributed by atoms with E-state index in [0.717, 1.165) is 44.9 Å². The van der Waals surface area contributed by atoms with E-state index in [4.69, 9.17) is 9.47 Å². The molecule has 0 saturated carbocycles. The highest BCUT2D eigenvalue weighted by Crippen LogP contribution is 2.24. The van der Waals surface area contributed by atoms with Crippen LogP contribution >= 0.6 is 0 Å². The van der Waals surface area contributed by atoms with Crippen LogP contribution in [0.2, 0.25) is 0 Å². The lowest BCUT2D eigenvalue weighted by Gasteiger charge is -2.40. The Balaban J connectivity index is 2.23. The first-order chi connectivity index (χ1) is 37.7. The van der Waals surface area contributed by atoms with Gasteiger partial charge in [0.2, 0.25) is 5.91 Å². The number of allylic oxidation sites excluding steroid dienone is 2. The molecule has 11 nitrogen and oxygen atoms in total. The number of unbranched alkanes of at least 4 members (excludes halogenated alkanes) is 45. The molecule has 0 aromatic rings. The van der Waals surface area contributed by atoms with Crippen LogP contribution in [0.5, 0.6) is 0 Å². The normalized spacial score (nSPS) is 19.5.